The molecule has 0 fully saturated rings. The molecule has 8 nitrogen and oxygen atoms in total. The first-order chi connectivity index (χ1) is 12.2. The first-order valence-electron chi connectivity index (χ1n) is 7.30. The van der Waals surface area contributed by atoms with E-state index in [0.29, 0.717) is 15.0 Å². The Morgan fingerprint density at radius 3 is 2.58 bits per heavy atom. The molecular formula is C16H13N3O5S2. The van der Waals surface area contributed by atoms with Crippen LogP contribution in [0.5, 0.6) is 0 Å². The lowest BCUT2D eigenvalue weighted by molar-refractivity contribution is -0.384. The topological polar surface area (TPSA) is 112 Å². The quantitative estimate of drug-likeness (QED) is 0.502. The maximum atomic E-state index is 12.5. The van der Waals surface area contributed by atoms with E-state index in [-0.39, 0.29) is 16.1 Å². The van der Waals surface area contributed by atoms with E-state index in [0.717, 1.165) is 17.6 Å². The van der Waals surface area contributed by atoms with Crippen LogP contribution in [-0.2, 0) is 16.9 Å². The predicted octanol–water partition coefficient (Wildman–Crippen LogP) is 2.29. The summed E-state index contributed by atoms with van der Waals surface area (Å²) in [6.45, 7) is 0. The molecule has 0 saturated carbocycles. The average Bonchev–Trinajstić information content (AvgIpc) is 2.89. The molecule has 1 amide bonds. The Balaban J connectivity index is 2.16. The third kappa shape index (κ3) is 3.28. The fourth-order valence-electron chi connectivity index (χ4n) is 2.46. The van der Waals surface area contributed by atoms with Crippen LogP contribution in [0.1, 0.15) is 10.4 Å². The van der Waals surface area contributed by atoms with Crippen molar-refractivity contribution in [2.75, 3.05) is 6.26 Å². The number of carbonyl (C=O) groups is 1. The highest BCUT2D eigenvalue weighted by Gasteiger charge is 2.18. The molecular weight excluding hydrogens is 378 g/mol. The lowest BCUT2D eigenvalue weighted by Gasteiger charge is -2.03. The number of hydrogen-bond acceptors (Lipinski definition) is 6. The lowest BCUT2D eigenvalue weighted by atomic mass is 10.2. The van der Waals surface area contributed by atoms with Gasteiger partial charge in [-0.3, -0.25) is 14.9 Å². The summed E-state index contributed by atoms with van der Waals surface area (Å²) in [5, 5.41) is 10.9. The van der Waals surface area contributed by atoms with Gasteiger partial charge in [0.1, 0.15) is 0 Å². The molecule has 3 aromatic rings. The van der Waals surface area contributed by atoms with Crippen LogP contribution in [0, 0.1) is 10.1 Å². The summed E-state index contributed by atoms with van der Waals surface area (Å²) in [5.41, 5.74) is 0.613. The van der Waals surface area contributed by atoms with E-state index >= 15 is 0 Å². The maximum Gasteiger partial charge on any atom is 0.280 e. The second-order valence-electron chi connectivity index (χ2n) is 5.54. The Bertz CT molecular complexity index is 1220. The molecule has 0 aliphatic carbocycles. The first-order valence-corrected chi connectivity index (χ1v) is 10.0. The van der Waals surface area contributed by atoms with Crippen molar-refractivity contribution in [2.45, 2.75) is 4.90 Å². The average molecular weight is 391 g/mol. The van der Waals surface area contributed by atoms with E-state index < -0.39 is 20.7 Å². The van der Waals surface area contributed by atoms with E-state index in [9.17, 15) is 23.3 Å². The summed E-state index contributed by atoms with van der Waals surface area (Å²) < 4.78 is 25.9. The van der Waals surface area contributed by atoms with Crippen LogP contribution in [0.3, 0.4) is 0 Å². The van der Waals surface area contributed by atoms with E-state index in [1.54, 1.807) is 23.7 Å². The van der Waals surface area contributed by atoms with Gasteiger partial charge < -0.3 is 4.57 Å². The van der Waals surface area contributed by atoms with Crippen LogP contribution >= 0.6 is 11.3 Å². The standard InChI is InChI=1S/C16H13N3O5S2/c1-18-12-8-7-10(19(21)22)9-13(12)25-16(18)17-15(20)11-5-3-4-6-14(11)26(2,23)24/h3-9H,1-2H3. The number of hydrogen-bond donors (Lipinski definition) is 0. The SMILES string of the molecule is Cn1c(=NC(=O)c2ccccc2S(C)(=O)=O)sc2cc([N+](=O)[O-])ccc21. The van der Waals surface area contributed by atoms with E-state index in [4.69, 9.17) is 0 Å². The monoisotopic (exact) mass is 391 g/mol. The zero-order valence-corrected chi connectivity index (χ0v) is 15.4. The maximum absolute atomic E-state index is 12.5. The fraction of sp³-hybridized carbons (Fsp3) is 0.125. The Morgan fingerprint density at radius 1 is 1.23 bits per heavy atom. The largest absolute Gasteiger partial charge is 0.319 e. The Labute approximate surface area is 152 Å². The third-order valence-corrected chi connectivity index (χ3v) is 5.97. The van der Waals surface area contributed by atoms with Crippen LogP contribution in [0.25, 0.3) is 10.2 Å². The molecule has 0 spiro atoms. The highest BCUT2D eigenvalue weighted by molar-refractivity contribution is 7.90. The first kappa shape index (κ1) is 18.0. The van der Waals surface area contributed by atoms with Crippen LogP contribution in [-0.4, -0.2) is 30.1 Å². The fourth-order valence-corrected chi connectivity index (χ4v) is 4.39. The van der Waals surface area contributed by atoms with Crippen LogP contribution in [0.4, 0.5) is 5.69 Å². The molecule has 2 aromatic carbocycles. The van der Waals surface area contributed by atoms with Gasteiger partial charge in [0, 0.05) is 25.4 Å². The summed E-state index contributed by atoms with van der Waals surface area (Å²) in [6, 6.07) is 10.2. The molecule has 134 valence electrons. The number of non-ortho nitro benzene ring substituents is 1. The molecule has 0 unspecified atom stereocenters. The minimum Gasteiger partial charge on any atom is -0.319 e. The predicted molar refractivity (Wildman–Crippen MR) is 96.9 cm³/mol. The van der Waals surface area contributed by atoms with E-state index in [1.165, 1.54) is 30.3 Å². The number of benzene rings is 2. The molecule has 0 atom stereocenters. The van der Waals surface area contributed by atoms with Crippen LogP contribution in [0.15, 0.2) is 52.4 Å². The zero-order chi connectivity index (χ0) is 19.1. The van der Waals surface area contributed by atoms with Gasteiger partial charge in [-0.2, -0.15) is 4.99 Å². The summed E-state index contributed by atoms with van der Waals surface area (Å²) >= 11 is 1.11. The number of fused-ring (bicyclic) bond motifs is 1. The number of sulfone groups is 1. The Hall–Kier alpha value is -2.85. The molecule has 0 N–H and O–H groups in total. The van der Waals surface area contributed by atoms with Crippen molar-refractivity contribution in [1.82, 2.24) is 4.57 Å². The van der Waals surface area contributed by atoms with E-state index in [1.807, 2.05) is 0 Å². The molecule has 0 aliphatic heterocycles. The van der Waals surface area contributed by atoms with Gasteiger partial charge in [-0.1, -0.05) is 23.5 Å². The molecule has 1 aromatic heterocycles. The number of aromatic nitrogens is 1. The number of nitro benzene ring substituents is 1. The van der Waals surface area contributed by atoms with Gasteiger partial charge in [0.2, 0.25) is 0 Å². The molecule has 26 heavy (non-hydrogen) atoms. The molecule has 10 heteroatoms. The minimum atomic E-state index is -3.58. The van der Waals surface area contributed by atoms with Gasteiger partial charge in [0.15, 0.2) is 14.6 Å². The second kappa shape index (κ2) is 6.46. The number of rotatable bonds is 3. The second-order valence-corrected chi connectivity index (χ2v) is 8.53. The third-order valence-electron chi connectivity index (χ3n) is 3.72. The zero-order valence-electron chi connectivity index (χ0n) is 13.7. The van der Waals surface area contributed by atoms with Crippen LogP contribution < -0.4 is 4.80 Å². The number of thiazole rings is 1. The molecule has 0 radical (unpaired) electrons. The van der Waals surface area contributed by atoms with Crippen molar-refractivity contribution < 1.29 is 18.1 Å². The van der Waals surface area contributed by atoms with Crippen molar-refractivity contribution in [3.05, 3.63) is 62.9 Å². The van der Waals surface area contributed by atoms with E-state index in [2.05, 4.69) is 4.99 Å². The summed E-state index contributed by atoms with van der Waals surface area (Å²) in [4.78, 5) is 27.2. The van der Waals surface area contributed by atoms with Crippen molar-refractivity contribution in [1.29, 1.82) is 0 Å². The van der Waals surface area contributed by atoms with Crippen molar-refractivity contribution in [3.8, 4) is 0 Å². The molecule has 0 bridgehead atoms. The number of nitro groups is 1. The highest BCUT2D eigenvalue weighted by Crippen LogP contribution is 2.23. The van der Waals surface area contributed by atoms with Gasteiger partial charge in [0.05, 0.1) is 25.6 Å². The summed E-state index contributed by atoms with van der Waals surface area (Å²) in [7, 11) is -1.90. The van der Waals surface area contributed by atoms with Gasteiger partial charge in [-0.25, -0.2) is 8.42 Å². The lowest BCUT2D eigenvalue weighted by Crippen LogP contribution is -2.15. The van der Waals surface area contributed by atoms with Crippen molar-refractivity contribution in [3.63, 3.8) is 0 Å². The van der Waals surface area contributed by atoms with Crippen molar-refractivity contribution in [2.24, 2.45) is 12.0 Å². The normalized spacial score (nSPS) is 12.5. The van der Waals surface area contributed by atoms with Crippen LogP contribution in [0.2, 0.25) is 0 Å². The number of nitrogens with zero attached hydrogens (tertiary/aromatic N) is 3. The Kier molecular flexibility index (Phi) is 4.46. The molecule has 0 aliphatic rings. The number of carbonyl (C=O) groups excluding carboxylic acids is 1. The van der Waals surface area contributed by atoms with Gasteiger partial charge in [-0.05, 0) is 18.2 Å². The van der Waals surface area contributed by atoms with Crippen molar-refractivity contribution >= 4 is 43.0 Å². The summed E-state index contributed by atoms with van der Waals surface area (Å²) in [6.07, 6.45) is 1.03. The van der Waals surface area contributed by atoms with Gasteiger partial charge in [0.25, 0.3) is 11.6 Å². The molecule has 1 heterocycles. The van der Waals surface area contributed by atoms with Gasteiger partial charge in [-0.15, -0.1) is 0 Å². The Morgan fingerprint density at radius 2 is 1.92 bits per heavy atom. The summed E-state index contributed by atoms with van der Waals surface area (Å²) in [5.74, 6) is -0.692. The highest BCUT2D eigenvalue weighted by atomic mass is 32.2. The smallest absolute Gasteiger partial charge is 0.280 e. The molecule has 3 rings (SSSR count). The number of aryl methyl sites for hydroxylation is 1. The number of amides is 1. The minimum absolute atomic E-state index is 0.0153. The van der Waals surface area contributed by atoms with Gasteiger partial charge >= 0.3 is 0 Å². The molecule has 0 saturated heterocycles.